The molecule has 1 heterocycles. The normalized spacial score (nSPS) is 20.9. The van der Waals surface area contributed by atoms with Crippen molar-refractivity contribution in [1.29, 1.82) is 0 Å². The van der Waals surface area contributed by atoms with Crippen LogP contribution in [0.25, 0.3) is 0 Å². The minimum Gasteiger partial charge on any atom is -0.292 e. The molecule has 1 aliphatic rings. The number of imide groups is 1. The van der Waals surface area contributed by atoms with Crippen molar-refractivity contribution in [2.24, 2.45) is 5.92 Å². The molecule has 1 aliphatic heterocycles. The van der Waals surface area contributed by atoms with Gasteiger partial charge in [0, 0.05) is 5.57 Å². The van der Waals surface area contributed by atoms with Crippen LogP contribution in [0.3, 0.4) is 0 Å². The molecule has 0 radical (unpaired) electrons. The van der Waals surface area contributed by atoms with Crippen LogP contribution in [0.15, 0.2) is 11.1 Å². The molecule has 1 fully saturated rings. The number of hydrogen-bond donors (Lipinski definition) is 1. The fourth-order valence-electron chi connectivity index (χ4n) is 1.72. The topological polar surface area (TPSA) is 46.2 Å². The summed E-state index contributed by atoms with van der Waals surface area (Å²) in [5.41, 5.74) is 1.78. The van der Waals surface area contributed by atoms with E-state index in [1.54, 1.807) is 0 Å². The Kier molecular flexibility index (Phi) is 2.86. The summed E-state index contributed by atoms with van der Waals surface area (Å²) in [7, 11) is 0. The van der Waals surface area contributed by atoms with Crippen LogP contribution in [0.5, 0.6) is 0 Å². The number of hydrogen-bond acceptors (Lipinski definition) is 2. The third kappa shape index (κ3) is 1.97. The largest absolute Gasteiger partial charge is 0.292 e. The van der Waals surface area contributed by atoms with E-state index in [0.29, 0.717) is 11.5 Å². The van der Waals surface area contributed by atoms with Crippen LogP contribution in [-0.2, 0) is 9.59 Å². The molecule has 0 saturated carbocycles. The summed E-state index contributed by atoms with van der Waals surface area (Å²) in [4.78, 5) is 22.2. The molecular weight excluding hydrogens is 166 g/mol. The Morgan fingerprint density at radius 2 is 2.08 bits per heavy atom. The summed E-state index contributed by atoms with van der Waals surface area (Å²) in [5, 5.41) is 2.30. The average molecular weight is 181 g/mol. The Morgan fingerprint density at radius 1 is 1.46 bits per heavy atom. The molecule has 0 aromatic carbocycles. The van der Waals surface area contributed by atoms with E-state index >= 15 is 0 Å². The highest BCUT2D eigenvalue weighted by Gasteiger charge is 2.27. The highest BCUT2D eigenvalue weighted by Crippen LogP contribution is 2.23. The van der Waals surface area contributed by atoms with Gasteiger partial charge in [-0.15, -0.1) is 0 Å². The smallest absolute Gasteiger partial charge is 0.254 e. The van der Waals surface area contributed by atoms with Crippen molar-refractivity contribution < 1.29 is 9.59 Å². The number of amides is 2. The second kappa shape index (κ2) is 3.73. The summed E-state index contributed by atoms with van der Waals surface area (Å²) in [6, 6.07) is 0. The lowest BCUT2D eigenvalue weighted by Gasteiger charge is -2.10. The molecule has 0 spiro atoms. The van der Waals surface area contributed by atoms with Crippen LogP contribution in [-0.4, -0.2) is 11.8 Å². The number of carbonyl (C=O) groups excluding carboxylic acids is 2. The van der Waals surface area contributed by atoms with Crippen molar-refractivity contribution >= 4 is 11.8 Å². The molecule has 13 heavy (non-hydrogen) atoms. The van der Waals surface area contributed by atoms with E-state index in [1.165, 1.54) is 0 Å². The van der Waals surface area contributed by atoms with Crippen molar-refractivity contribution in [2.75, 3.05) is 0 Å². The first-order valence-electron chi connectivity index (χ1n) is 4.62. The number of rotatable bonds is 2. The summed E-state index contributed by atoms with van der Waals surface area (Å²) in [5.74, 6) is -0.0289. The fraction of sp³-hybridized carbons (Fsp3) is 0.600. The molecule has 1 rings (SSSR count). The third-order valence-electron chi connectivity index (χ3n) is 2.33. The van der Waals surface area contributed by atoms with Gasteiger partial charge in [-0.05, 0) is 12.3 Å². The maximum atomic E-state index is 11.3. The van der Waals surface area contributed by atoms with Crippen molar-refractivity contribution in [3.8, 4) is 0 Å². The summed E-state index contributed by atoms with van der Waals surface area (Å²) in [6.45, 7) is 6.10. The van der Waals surface area contributed by atoms with Gasteiger partial charge in [-0.25, -0.2) is 0 Å². The van der Waals surface area contributed by atoms with E-state index in [1.807, 2.05) is 20.8 Å². The lowest BCUT2D eigenvalue weighted by Crippen LogP contribution is -2.20. The van der Waals surface area contributed by atoms with Crippen molar-refractivity contribution in [3.05, 3.63) is 11.1 Å². The molecule has 2 amide bonds. The second-order valence-electron chi connectivity index (χ2n) is 3.57. The third-order valence-corrected chi connectivity index (χ3v) is 2.33. The van der Waals surface area contributed by atoms with Gasteiger partial charge in [0.2, 0.25) is 5.91 Å². The van der Waals surface area contributed by atoms with Gasteiger partial charge in [0.15, 0.2) is 0 Å². The quantitative estimate of drug-likeness (QED) is 0.517. The van der Waals surface area contributed by atoms with Gasteiger partial charge >= 0.3 is 0 Å². The maximum Gasteiger partial charge on any atom is 0.254 e. The zero-order valence-electron chi connectivity index (χ0n) is 8.31. The molecule has 0 aliphatic carbocycles. The highest BCUT2D eigenvalue weighted by molar-refractivity contribution is 6.13. The SMILES string of the molecule is CC/C(=C1/CC(=O)NC1=O)C(C)C. The number of allylic oxidation sites excluding steroid dienone is 1. The van der Waals surface area contributed by atoms with E-state index in [4.69, 9.17) is 0 Å². The molecule has 3 heteroatoms. The van der Waals surface area contributed by atoms with E-state index < -0.39 is 0 Å². The molecule has 0 bridgehead atoms. The minimum absolute atomic E-state index is 0.174. The Hall–Kier alpha value is -1.12. The first-order valence-corrected chi connectivity index (χ1v) is 4.62. The van der Waals surface area contributed by atoms with Crippen LogP contribution < -0.4 is 5.32 Å². The zero-order chi connectivity index (χ0) is 10.0. The van der Waals surface area contributed by atoms with Gasteiger partial charge in [-0.1, -0.05) is 26.3 Å². The summed E-state index contributed by atoms with van der Waals surface area (Å²) in [6.07, 6.45) is 1.11. The van der Waals surface area contributed by atoms with Gasteiger partial charge in [-0.2, -0.15) is 0 Å². The second-order valence-corrected chi connectivity index (χ2v) is 3.57. The fourth-order valence-corrected chi connectivity index (χ4v) is 1.72. The Balaban J connectivity index is 3.01. The number of nitrogens with one attached hydrogen (secondary N) is 1. The predicted octanol–water partition coefficient (Wildman–Crippen LogP) is 1.40. The van der Waals surface area contributed by atoms with Crippen molar-refractivity contribution in [1.82, 2.24) is 5.32 Å². The highest BCUT2D eigenvalue weighted by atomic mass is 16.2. The first-order chi connectivity index (χ1) is 6.06. The van der Waals surface area contributed by atoms with Crippen LogP contribution in [0.1, 0.15) is 33.6 Å². The van der Waals surface area contributed by atoms with Crippen LogP contribution in [0.2, 0.25) is 0 Å². The molecule has 0 unspecified atom stereocenters. The standard InChI is InChI=1S/C10H15NO2/c1-4-7(6(2)3)8-5-9(12)11-10(8)13/h6H,4-5H2,1-3H3,(H,11,12,13)/b8-7+. The Bertz CT molecular complexity index is 277. The van der Waals surface area contributed by atoms with E-state index in [2.05, 4.69) is 5.32 Å². The van der Waals surface area contributed by atoms with Gasteiger partial charge < -0.3 is 0 Å². The molecule has 0 atom stereocenters. The molecule has 0 aromatic rings. The van der Waals surface area contributed by atoms with Crippen molar-refractivity contribution in [2.45, 2.75) is 33.6 Å². The van der Waals surface area contributed by atoms with Crippen molar-refractivity contribution in [3.63, 3.8) is 0 Å². The van der Waals surface area contributed by atoms with Crippen LogP contribution in [0.4, 0.5) is 0 Å². The minimum atomic E-state index is -0.199. The van der Waals surface area contributed by atoms with Crippen LogP contribution in [0, 0.1) is 5.92 Å². The van der Waals surface area contributed by atoms with E-state index in [9.17, 15) is 9.59 Å². The zero-order valence-corrected chi connectivity index (χ0v) is 8.31. The predicted molar refractivity (Wildman–Crippen MR) is 49.9 cm³/mol. The Morgan fingerprint density at radius 3 is 2.38 bits per heavy atom. The van der Waals surface area contributed by atoms with E-state index in [0.717, 1.165) is 12.0 Å². The lowest BCUT2D eigenvalue weighted by molar-refractivity contribution is -0.124. The van der Waals surface area contributed by atoms with Gasteiger partial charge in [0.1, 0.15) is 0 Å². The van der Waals surface area contributed by atoms with Gasteiger partial charge in [0.25, 0.3) is 5.91 Å². The van der Waals surface area contributed by atoms with Gasteiger partial charge in [-0.3, -0.25) is 14.9 Å². The average Bonchev–Trinajstić information content (AvgIpc) is 2.31. The first kappa shape index (κ1) is 9.96. The molecular formula is C10H15NO2. The molecule has 1 N–H and O–H groups in total. The maximum absolute atomic E-state index is 11.3. The molecule has 0 aromatic heterocycles. The van der Waals surface area contributed by atoms with Gasteiger partial charge in [0.05, 0.1) is 6.42 Å². The molecule has 1 saturated heterocycles. The Labute approximate surface area is 78.2 Å². The van der Waals surface area contributed by atoms with E-state index in [-0.39, 0.29) is 18.2 Å². The van der Waals surface area contributed by atoms with Crippen LogP contribution >= 0.6 is 0 Å². The number of carbonyl (C=O) groups is 2. The lowest BCUT2D eigenvalue weighted by atomic mass is 9.94. The summed E-state index contributed by atoms with van der Waals surface area (Å²) >= 11 is 0. The molecule has 72 valence electrons. The summed E-state index contributed by atoms with van der Waals surface area (Å²) < 4.78 is 0. The monoisotopic (exact) mass is 181 g/mol. The molecule has 3 nitrogen and oxygen atoms in total.